The van der Waals surface area contributed by atoms with Crippen molar-refractivity contribution in [3.05, 3.63) is 0 Å². The van der Waals surface area contributed by atoms with Gasteiger partial charge in [-0.3, -0.25) is 0 Å². The van der Waals surface area contributed by atoms with Gasteiger partial charge in [0.2, 0.25) is 0 Å². The van der Waals surface area contributed by atoms with Crippen molar-refractivity contribution in [2.75, 3.05) is 20.1 Å². The molecule has 0 amide bonds. The summed E-state index contributed by atoms with van der Waals surface area (Å²) >= 11 is 0. The number of hydrogen-bond acceptors (Lipinski definition) is 3. The van der Waals surface area contributed by atoms with Gasteiger partial charge < -0.3 is 9.74 Å². The Morgan fingerprint density at radius 2 is 2.45 bits per heavy atom. The van der Waals surface area contributed by atoms with Crippen LogP contribution in [0.3, 0.4) is 0 Å². The number of piperidine rings is 1. The molecule has 1 aliphatic rings. The Morgan fingerprint density at radius 1 is 1.64 bits per heavy atom. The van der Waals surface area contributed by atoms with Gasteiger partial charge in [0, 0.05) is 12.8 Å². The fraction of sp³-hybridized carbons (Fsp3) is 0.875. The molecule has 0 aromatic heterocycles. The fourth-order valence-corrected chi connectivity index (χ4v) is 1.35. The smallest absolute Gasteiger partial charge is 0.140 e. The van der Waals surface area contributed by atoms with Crippen LogP contribution in [0.25, 0.3) is 0 Å². The van der Waals surface area contributed by atoms with Crippen LogP contribution in [0.4, 0.5) is 0 Å². The van der Waals surface area contributed by atoms with Crippen molar-refractivity contribution in [1.29, 1.82) is 0 Å². The molecule has 1 fully saturated rings. The van der Waals surface area contributed by atoms with E-state index >= 15 is 0 Å². The van der Waals surface area contributed by atoms with E-state index in [4.69, 9.17) is 4.84 Å². The standard InChI is InChI=1S/C8H16N2O/c1-3-9-11-8-5-4-6-10(2)7-8/h3,8H,4-7H2,1-2H3/b9-3+. The lowest BCUT2D eigenvalue weighted by Crippen LogP contribution is -2.36. The number of oxime groups is 1. The number of hydrogen-bond donors (Lipinski definition) is 0. The van der Waals surface area contributed by atoms with E-state index in [9.17, 15) is 0 Å². The van der Waals surface area contributed by atoms with Gasteiger partial charge >= 0.3 is 0 Å². The average molecular weight is 156 g/mol. The fourth-order valence-electron chi connectivity index (χ4n) is 1.35. The molecule has 11 heavy (non-hydrogen) atoms. The Bertz CT molecular complexity index is 136. The summed E-state index contributed by atoms with van der Waals surface area (Å²) in [5.41, 5.74) is 0. The summed E-state index contributed by atoms with van der Waals surface area (Å²) in [4.78, 5) is 7.51. The van der Waals surface area contributed by atoms with Gasteiger partial charge in [-0.25, -0.2) is 0 Å². The van der Waals surface area contributed by atoms with Crippen molar-refractivity contribution in [1.82, 2.24) is 4.90 Å². The van der Waals surface area contributed by atoms with Crippen molar-refractivity contribution in [2.45, 2.75) is 25.9 Å². The van der Waals surface area contributed by atoms with E-state index in [1.807, 2.05) is 6.92 Å². The molecule has 64 valence electrons. The van der Waals surface area contributed by atoms with E-state index in [1.165, 1.54) is 13.0 Å². The van der Waals surface area contributed by atoms with Gasteiger partial charge in [0.05, 0.1) is 0 Å². The van der Waals surface area contributed by atoms with Gasteiger partial charge in [-0.1, -0.05) is 5.16 Å². The molecule has 1 saturated heterocycles. The van der Waals surface area contributed by atoms with E-state index < -0.39 is 0 Å². The average Bonchev–Trinajstić information content (AvgIpc) is 2.01. The Hall–Kier alpha value is -0.570. The van der Waals surface area contributed by atoms with Gasteiger partial charge in [0.25, 0.3) is 0 Å². The van der Waals surface area contributed by atoms with Gasteiger partial charge in [0.15, 0.2) is 0 Å². The van der Waals surface area contributed by atoms with Crippen LogP contribution in [0, 0.1) is 0 Å². The van der Waals surface area contributed by atoms with Crippen LogP contribution in [0.15, 0.2) is 5.16 Å². The lowest BCUT2D eigenvalue weighted by molar-refractivity contribution is 0.0106. The van der Waals surface area contributed by atoms with Crippen LogP contribution in [0.2, 0.25) is 0 Å². The Morgan fingerprint density at radius 3 is 3.09 bits per heavy atom. The maximum absolute atomic E-state index is 5.23. The largest absolute Gasteiger partial charge is 0.391 e. The highest BCUT2D eigenvalue weighted by Crippen LogP contribution is 2.11. The first kappa shape index (κ1) is 8.53. The molecule has 3 heteroatoms. The third kappa shape index (κ3) is 2.89. The zero-order valence-electron chi connectivity index (χ0n) is 7.29. The molecule has 0 aromatic carbocycles. The minimum Gasteiger partial charge on any atom is -0.391 e. The Kier molecular flexibility index (Phi) is 3.36. The first-order valence-electron chi connectivity index (χ1n) is 4.15. The maximum Gasteiger partial charge on any atom is 0.140 e. The molecule has 0 saturated carbocycles. The summed E-state index contributed by atoms with van der Waals surface area (Å²) in [6.07, 6.45) is 4.36. The van der Waals surface area contributed by atoms with Gasteiger partial charge in [-0.05, 0) is 33.4 Å². The zero-order chi connectivity index (χ0) is 8.10. The molecule has 0 bridgehead atoms. The van der Waals surface area contributed by atoms with Gasteiger partial charge in [0.1, 0.15) is 6.10 Å². The molecule has 0 aromatic rings. The molecule has 0 spiro atoms. The van der Waals surface area contributed by atoms with Gasteiger partial charge in [-0.15, -0.1) is 0 Å². The summed E-state index contributed by atoms with van der Waals surface area (Å²) < 4.78 is 0. The van der Waals surface area contributed by atoms with Crippen molar-refractivity contribution in [3.63, 3.8) is 0 Å². The third-order valence-corrected chi connectivity index (χ3v) is 1.90. The molecule has 1 unspecified atom stereocenters. The van der Waals surface area contributed by atoms with E-state index in [0.29, 0.717) is 6.10 Å². The normalized spacial score (nSPS) is 27.6. The molecule has 0 N–H and O–H groups in total. The quantitative estimate of drug-likeness (QED) is 0.442. The van der Waals surface area contributed by atoms with Crippen molar-refractivity contribution < 1.29 is 4.84 Å². The summed E-state index contributed by atoms with van der Waals surface area (Å²) in [5, 5.41) is 3.78. The number of likely N-dealkylation sites (tertiary alicyclic amines) is 1. The topological polar surface area (TPSA) is 24.8 Å². The third-order valence-electron chi connectivity index (χ3n) is 1.90. The number of nitrogens with zero attached hydrogens (tertiary/aromatic N) is 2. The number of rotatable bonds is 2. The van der Waals surface area contributed by atoms with E-state index in [-0.39, 0.29) is 0 Å². The minimum atomic E-state index is 0.310. The first-order chi connectivity index (χ1) is 5.33. The highest BCUT2D eigenvalue weighted by atomic mass is 16.6. The van der Waals surface area contributed by atoms with E-state index in [2.05, 4.69) is 17.1 Å². The van der Waals surface area contributed by atoms with Gasteiger partial charge in [-0.2, -0.15) is 0 Å². The predicted octanol–water partition coefficient (Wildman–Crippen LogP) is 1.10. The molecule has 1 heterocycles. The summed E-state index contributed by atoms with van der Waals surface area (Å²) in [7, 11) is 2.12. The highest BCUT2D eigenvalue weighted by molar-refractivity contribution is 5.52. The SMILES string of the molecule is C/C=N/OC1CCCN(C)C1. The zero-order valence-corrected chi connectivity index (χ0v) is 7.29. The van der Waals surface area contributed by atoms with E-state index in [1.54, 1.807) is 6.21 Å². The molecule has 1 aliphatic heterocycles. The van der Waals surface area contributed by atoms with Crippen LogP contribution in [0.5, 0.6) is 0 Å². The highest BCUT2D eigenvalue weighted by Gasteiger charge is 2.17. The molecule has 0 radical (unpaired) electrons. The molecule has 1 atom stereocenters. The maximum atomic E-state index is 5.23. The molecular formula is C8H16N2O. The second-order valence-electron chi connectivity index (χ2n) is 3.00. The van der Waals surface area contributed by atoms with Crippen LogP contribution in [-0.4, -0.2) is 37.4 Å². The van der Waals surface area contributed by atoms with Crippen molar-refractivity contribution in [2.24, 2.45) is 5.16 Å². The second-order valence-corrected chi connectivity index (χ2v) is 3.00. The van der Waals surface area contributed by atoms with Crippen molar-refractivity contribution >= 4 is 6.21 Å². The van der Waals surface area contributed by atoms with Crippen LogP contribution >= 0.6 is 0 Å². The molecular weight excluding hydrogens is 140 g/mol. The molecule has 1 rings (SSSR count). The summed E-state index contributed by atoms with van der Waals surface area (Å²) in [6, 6.07) is 0. The lowest BCUT2D eigenvalue weighted by atomic mass is 10.1. The predicted molar refractivity (Wildman–Crippen MR) is 45.8 cm³/mol. The monoisotopic (exact) mass is 156 g/mol. The second kappa shape index (κ2) is 4.34. The Labute approximate surface area is 68.0 Å². The Balaban J connectivity index is 2.22. The first-order valence-corrected chi connectivity index (χ1v) is 4.15. The van der Waals surface area contributed by atoms with Crippen LogP contribution in [0.1, 0.15) is 19.8 Å². The minimum absolute atomic E-state index is 0.310. The summed E-state index contributed by atoms with van der Waals surface area (Å²) in [5.74, 6) is 0. The molecule has 0 aliphatic carbocycles. The van der Waals surface area contributed by atoms with E-state index in [0.717, 1.165) is 13.0 Å². The molecule has 3 nitrogen and oxygen atoms in total. The summed E-state index contributed by atoms with van der Waals surface area (Å²) in [6.45, 7) is 4.07. The van der Waals surface area contributed by atoms with Crippen LogP contribution in [-0.2, 0) is 4.84 Å². The lowest BCUT2D eigenvalue weighted by Gasteiger charge is -2.27. The van der Waals surface area contributed by atoms with Crippen molar-refractivity contribution in [3.8, 4) is 0 Å². The number of likely N-dealkylation sites (N-methyl/N-ethyl adjacent to an activating group) is 1. The van der Waals surface area contributed by atoms with Crippen LogP contribution < -0.4 is 0 Å².